The second kappa shape index (κ2) is 33.1. The van der Waals surface area contributed by atoms with Gasteiger partial charge < -0.3 is 48.3 Å². The molecule has 6 amide bonds. The number of carbonyl (C=O) groups is 10. The van der Waals surface area contributed by atoms with Gasteiger partial charge in [0.15, 0.2) is 24.4 Å². The van der Waals surface area contributed by atoms with Crippen LogP contribution < -0.4 is 0 Å². The summed E-state index contributed by atoms with van der Waals surface area (Å²) >= 11 is 0. The summed E-state index contributed by atoms with van der Waals surface area (Å²) in [6, 6.07) is 9.06. The van der Waals surface area contributed by atoms with E-state index in [1.54, 1.807) is 58.4 Å². The van der Waals surface area contributed by atoms with Crippen molar-refractivity contribution in [3.05, 3.63) is 107 Å². The van der Waals surface area contributed by atoms with E-state index in [4.69, 9.17) is 18.9 Å². The molecule has 5 heterocycles. The normalized spacial score (nSPS) is 23.2. The van der Waals surface area contributed by atoms with Gasteiger partial charge in [0, 0.05) is 79.6 Å². The summed E-state index contributed by atoms with van der Waals surface area (Å²) in [6.45, 7) is 20.9. The highest BCUT2D eigenvalue weighted by Gasteiger charge is 2.43. The smallest absolute Gasteiger partial charge is 0.329 e. The van der Waals surface area contributed by atoms with E-state index in [0.717, 1.165) is 56.4 Å². The van der Waals surface area contributed by atoms with E-state index < -0.39 is 96.1 Å². The Labute approximate surface area is 552 Å². The molecule has 94 heavy (non-hydrogen) atoms. The Hall–Kier alpha value is -8.44. The molecule has 3 aliphatic heterocycles. The van der Waals surface area contributed by atoms with Gasteiger partial charge in [0.25, 0.3) is 35.4 Å². The van der Waals surface area contributed by atoms with Gasteiger partial charge >= 0.3 is 23.9 Å². The number of carbonyl (C=O) groups excluding carboxylic acids is 10. The average molecular weight is 1300 g/mol. The number of benzene rings is 2. The number of likely N-dealkylation sites (N-methyl/N-ethyl adjacent to an activating group) is 4. The molecule has 3 aliphatic rings. The van der Waals surface area contributed by atoms with Gasteiger partial charge in [-0.25, -0.2) is 19.2 Å². The molecule has 2 aromatic heterocycles. The Balaban J connectivity index is 1.21. The van der Waals surface area contributed by atoms with E-state index in [2.05, 4.69) is 10.2 Å². The average Bonchev–Trinajstić information content (AvgIpc) is 1.79. The van der Waals surface area contributed by atoms with Gasteiger partial charge in [-0.3, -0.25) is 38.1 Å². The van der Waals surface area contributed by atoms with E-state index in [-0.39, 0.29) is 74.0 Å². The predicted molar refractivity (Wildman–Crippen MR) is 348 cm³/mol. The number of hydrogen-bond donors (Lipinski definition) is 0. The summed E-state index contributed by atoms with van der Waals surface area (Å²) in [5.41, 5.74) is 3.74. The predicted octanol–water partition coefficient (Wildman–Crippen LogP) is 6.63. The Morgan fingerprint density at radius 1 is 0.415 bits per heavy atom. The van der Waals surface area contributed by atoms with Crippen LogP contribution in [0.15, 0.2) is 73.3 Å². The molecule has 4 aromatic rings. The standard InChI is InChI=1S/C70H98N10O14/c1-43(2)31-55-67(87)91-47(9)61(81)73(11)58(34-46(7)8)70(90)94-60(36-50-21-25-52(26-22-50)40-80-42-54(38-72-80)64(84)78-29-17-18-30-78)66(86)76(14)56(32-44(3)4)68(88)92-48(10)62(82)74(12)57(33-45(5)6)69(89)93-59(65(85)75(55)13)35-49-19-23-51(24-20-49)39-79-41-53(37-71-79)63(83)77-27-15-16-28-77/h19-26,37-38,41-48,55-60H,15-18,27-36,39-40H2,1-14H3/t47-,48-,55+,56+,57+,58+,59-,60-/m1/s1. The Morgan fingerprint density at radius 2 is 0.681 bits per heavy atom. The summed E-state index contributed by atoms with van der Waals surface area (Å²) in [5.74, 6) is -7.95. The highest BCUT2D eigenvalue weighted by Crippen LogP contribution is 2.26. The number of aromatic nitrogens is 4. The minimum Gasteiger partial charge on any atom is -0.451 e. The first-order valence-corrected chi connectivity index (χ1v) is 33.2. The molecular formula is C70H98N10O14. The van der Waals surface area contributed by atoms with Crippen molar-refractivity contribution in [1.29, 1.82) is 0 Å². The number of likely N-dealkylation sites (tertiary alicyclic amines) is 2. The summed E-state index contributed by atoms with van der Waals surface area (Å²) in [4.78, 5) is 153. The zero-order valence-electron chi connectivity index (χ0n) is 57.4. The number of hydrogen-bond acceptors (Lipinski definition) is 16. The first-order chi connectivity index (χ1) is 44.5. The number of esters is 4. The van der Waals surface area contributed by atoms with Crippen LogP contribution in [0.4, 0.5) is 0 Å². The van der Waals surface area contributed by atoms with Crippen molar-refractivity contribution >= 4 is 59.3 Å². The number of rotatable bonds is 18. The van der Waals surface area contributed by atoms with Crippen molar-refractivity contribution in [2.45, 2.75) is 195 Å². The highest BCUT2D eigenvalue weighted by atomic mass is 16.6. The van der Waals surface area contributed by atoms with Crippen LogP contribution in [0.2, 0.25) is 0 Å². The van der Waals surface area contributed by atoms with Crippen LogP contribution >= 0.6 is 0 Å². The van der Waals surface area contributed by atoms with E-state index in [1.807, 2.05) is 89.5 Å². The summed E-state index contributed by atoms with van der Waals surface area (Å²) in [6.07, 6.45) is 3.95. The Kier molecular flexibility index (Phi) is 25.7. The van der Waals surface area contributed by atoms with Gasteiger partial charge in [0.05, 0.1) is 36.6 Å². The maximum absolute atomic E-state index is 15.2. The van der Waals surface area contributed by atoms with Crippen LogP contribution in [-0.2, 0) is 83.2 Å². The van der Waals surface area contributed by atoms with Gasteiger partial charge in [-0.15, -0.1) is 0 Å². The summed E-state index contributed by atoms with van der Waals surface area (Å²) < 4.78 is 27.7. The third kappa shape index (κ3) is 19.4. The topological polar surface area (TPSA) is 263 Å². The SMILES string of the molecule is CC(C)C[C@H]1C(=O)O[C@H](Cc2ccc(Cn3cc(C(=O)N4CCCC4)cn3)cc2)C(=O)N(C)[C@@H](CC(C)C)C(=O)O[C@H](C)C(=O)N(C)[C@@H](CC(C)C)C(=O)O[C@H](Cc2ccc(Cn3cc(C(=O)N4CCCC4)cn3)cc2)C(=O)N(C)[C@@H](CC(C)C)C(=O)O[C@H](C)C(=O)N1C. The monoisotopic (exact) mass is 1300 g/mol. The van der Waals surface area contributed by atoms with Gasteiger partial charge in [0.1, 0.15) is 24.2 Å². The number of cyclic esters (lactones) is 4. The second-order valence-corrected chi connectivity index (χ2v) is 27.3. The zero-order chi connectivity index (χ0) is 68.8. The molecule has 2 aromatic carbocycles. The van der Waals surface area contributed by atoms with Crippen LogP contribution in [0.1, 0.15) is 164 Å². The third-order valence-electron chi connectivity index (χ3n) is 17.6. The lowest BCUT2D eigenvalue weighted by Gasteiger charge is -2.35. The van der Waals surface area contributed by atoms with Crippen molar-refractivity contribution in [3.8, 4) is 0 Å². The van der Waals surface area contributed by atoms with E-state index in [9.17, 15) is 38.4 Å². The molecule has 7 rings (SSSR count). The van der Waals surface area contributed by atoms with Crippen LogP contribution in [0.25, 0.3) is 0 Å². The van der Waals surface area contributed by atoms with Crippen molar-refractivity contribution < 1.29 is 66.9 Å². The zero-order valence-corrected chi connectivity index (χ0v) is 57.4. The molecule has 0 saturated carbocycles. The fraction of sp³-hybridized carbons (Fsp3) is 0.600. The minimum absolute atomic E-state index is 0.0506. The largest absolute Gasteiger partial charge is 0.451 e. The minimum atomic E-state index is -1.59. The number of nitrogens with zero attached hydrogens (tertiary/aromatic N) is 10. The van der Waals surface area contributed by atoms with E-state index in [1.165, 1.54) is 42.0 Å². The lowest BCUT2D eigenvalue weighted by Crippen LogP contribution is -2.55. The fourth-order valence-corrected chi connectivity index (χ4v) is 12.2. The van der Waals surface area contributed by atoms with Gasteiger partial charge in [-0.1, -0.05) is 104 Å². The van der Waals surface area contributed by atoms with Gasteiger partial charge in [-0.05, 0) is 111 Å². The molecule has 24 heteroatoms. The molecule has 512 valence electrons. The Bertz CT molecular complexity index is 3060. The quantitative estimate of drug-likeness (QED) is 0.0748. The number of amides is 6. The van der Waals surface area contributed by atoms with Crippen molar-refractivity contribution in [2.24, 2.45) is 23.7 Å². The molecular weight excluding hydrogens is 1200 g/mol. The first kappa shape index (κ1) is 73.0. The van der Waals surface area contributed by atoms with Gasteiger partial charge in [-0.2, -0.15) is 10.2 Å². The highest BCUT2D eigenvalue weighted by molar-refractivity contribution is 5.96. The van der Waals surface area contributed by atoms with Crippen molar-refractivity contribution in [2.75, 3.05) is 54.4 Å². The lowest BCUT2D eigenvalue weighted by molar-refractivity contribution is -0.176. The van der Waals surface area contributed by atoms with E-state index >= 15 is 9.59 Å². The molecule has 24 nitrogen and oxygen atoms in total. The molecule has 3 saturated heterocycles. The van der Waals surface area contributed by atoms with Crippen LogP contribution in [0.5, 0.6) is 0 Å². The summed E-state index contributed by atoms with van der Waals surface area (Å²) in [7, 11) is 5.51. The summed E-state index contributed by atoms with van der Waals surface area (Å²) in [5, 5.41) is 8.85. The molecule has 0 bridgehead atoms. The third-order valence-corrected chi connectivity index (χ3v) is 17.6. The molecule has 0 spiro atoms. The van der Waals surface area contributed by atoms with Crippen molar-refractivity contribution in [3.63, 3.8) is 0 Å². The first-order valence-electron chi connectivity index (χ1n) is 33.2. The molecule has 0 radical (unpaired) electrons. The Morgan fingerprint density at radius 3 is 0.968 bits per heavy atom. The van der Waals surface area contributed by atoms with E-state index in [0.29, 0.717) is 61.5 Å². The van der Waals surface area contributed by atoms with Crippen LogP contribution in [0.3, 0.4) is 0 Å². The van der Waals surface area contributed by atoms with Crippen LogP contribution in [-0.4, -0.2) is 211 Å². The second-order valence-electron chi connectivity index (χ2n) is 27.3. The maximum atomic E-state index is 15.2. The maximum Gasteiger partial charge on any atom is 0.329 e. The molecule has 0 unspecified atom stereocenters. The van der Waals surface area contributed by atoms with Crippen molar-refractivity contribution in [1.82, 2.24) is 49.0 Å². The van der Waals surface area contributed by atoms with Gasteiger partial charge in [0.2, 0.25) is 0 Å². The molecule has 3 fully saturated rings. The fourth-order valence-electron chi connectivity index (χ4n) is 12.2. The molecule has 8 atom stereocenters. The lowest BCUT2D eigenvalue weighted by atomic mass is 9.99. The van der Waals surface area contributed by atoms with Crippen LogP contribution in [0, 0.1) is 23.7 Å². The molecule has 0 aliphatic carbocycles. The molecule has 0 N–H and O–H groups in total. The number of ether oxygens (including phenoxy) is 4.